The van der Waals surface area contributed by atoms with E-state index >= 15 is 0 Å². The predicted octanol–water partition coefficient (Wildman–Crippen LogP) is 2.07. The van der Waals surface area contributed by atoms with Crippen molar-refractivity contribution in [3.8, 4) is 0 Å². The lowest BCUT2D eigenvalue weighted by atomic mass is 10.1. The van der Waals surface area contributed by atoms with Gasteiger partial charge in [-0.25, -0.2) is 0 Å². The number of carbonyl (C=O) groups is 2. The van der Waals surface area contributed by atoms with E-state index in [2.05, 4.69) is 10.6 Å². The number of alkyl halides is 3. The molecule has 0 unspecified atom stereocenters. The number of aliphatic hydroxyl groups is 1. The summed E-state index contributed by atoms with van der Waals surface area (Å²) in [5.41, 5.74) is 0.723. The SMILES string of the molecule is O=C(NC[C@H](O)[C@@H](NCc1ccccc1)C(F)(F)F)C(=O)c1ccccc1. The normalized spacial score (nSPS) is 13.6. The van der Waals surface area contributed by atoms with E-state index in [9.17, 15) is 27.9 Å². The van der Waals surface area contributed by atoms with Crippen LogP contribution in [0.4, 0.5) is 13.2 Å². The molecule has 3 N–H and O–H groups in total. The summed E-state index contributed by atoms with van der Waals surface area (Å²) in [6.45, 7) is -0.831. The Kier molecular flexibility index (Phi) is 7.09. The summed E-state index contributed by atoms with van der Waals surface area (Å²) >= 11 is 0. The van der Waals surface area contributed by atoms with E-state index in [1.54, 1.807) is 48.5 Å². The first kappa shape index (κ1) is 20.6. The highest BCUT2D eigenvalue weighted by molar-refractivity contribution is 6.42. The van der Waals surface area contributed by atoms with Crippen LogP contribution >= 0.6 is 0 Å². The first-order chi connectivity index (χ1) is 12.8. The number of carbonyl (C=O) groups excluding carboxylic acids is 2. The van der Waals surface area contributed by atoms with Crippen molar-refractivity contribution in [2.45, 2.75) is 24.9 Å². The Morgan fingerprint density at radius 3 is 2.07 bits per heavy atom. The molecule has 5 nitrogen and oxygen atoms in total. The fraction of sp³-hybridized carbons (Fsp3) is 0.263. The highest BCUT2D eigenvalue weighted by atomic mass is 19.4. The third-order valence-corrected chi connectivity index (χ3v) is 3.82. The molecule has 0 aromatic heterocycles. The smallest absolute Gasteiger partial charge is 0.389 e. The van der Waals surface area contributed by atoms with Crippen molar-refractivity contribution in [3.05, 3.63) is 71.8 Å². The number of halogens is 3. The van der Waals surface area contributed by atoms with Gasteiger partial charge in [-0.15, -0.1) is 0 Å². The van der Waals surface area contributed by atoms with E-state index in [0.717, 1.165) is 0 Å². The first-order valence-electron chi connectivity index (χ1n) is 8.18. The van der Waals surface area contributed by atoms with Crippen molar-refractivity contribution < 1.29 is 27.9 Å². The molecule has 0 radical (unpaired) electrons. The van der Waals surface area contributed by atoms with Gasteiger partial charge in [-0.05, 0) is 5.56 Å². The standard InChI is InChI=1S/C19H19F3N2O3/c20-19(21,22)17(23-11-13-7-3-1-4-8-13)15(25)12-24-18(27)16(26)14-9-5-2-6-10-14/h1-10,15,17,23,25H,11-12H2,(H,24,27)/t15-,17+/m0/s1. The van der Waals surface area contributed by atoms with Crippen LogP contribution in [0.2, 0.25) is 0 Å². The quantitative estimate of drug-likeness (QED) is 0.484. The minimum Gasteiger partial charge on any atom is -0.389 e. The van der Waals surface area contributed by atoms with Crippen molar-refractivity contribution in [2.24, 2.45) is 0 Å². The fourth-order valence-corrected chi connectivity index (χ4v) is 2.41. The van der Waals surface area contributed by atoms with Crippen molar-refractivity contribution in [3.63, 3.8) is 0 Å². The van der Waals surface area contributed by atoms with Crippen LogP contribution in [0, 0.1) is 0 Å². The Morgan fingerprint density at radius 1 is 0.963 bits per heavy atom. The molecule has 0 spiro atoms. The van der Waals surface area contributed by atoms with Crippen LogP contribution in [0.5, 0.6) is 0 Å². The van der Waals surface area contributed by atoms with Crippen LogP contribution in [0.3, 0.4) is 0 Å². The second-order valence-electron chi connectivity index (χ2n) is 5.86. The number of amides is 1. The van der Waals surface area contributed by atoms with Gasteiger partial charge >= 0.3 is 6.18 Å². The van der Waals surface area contributed by atoms with Gasteiger partial charge in [0, 0.05) is 18.7 Å². The number of nitrogens with one attached hydrogen (secondary N) is 2. The summed E-state index contributed by atoms with van der Waals surface area (Å²) in [6.07, 6.45) is -6.69. The highest BCUT2D eigenvalue weighted by Gasteiger charge is 2.44. The van der Waals surface area contributed by atoms with Crippen LogP contribution in [-0.4, -0.2) is 41.7 Å². The molecule has 27 heavy (non-hydrogen) atoms. The first-order valence-corrected chi connectivity index (χ1v) is 8.18. The zero-order chi connectivity index (χ0) is 19.9. The monoisotopic (exact) mass is 380 g/mol. The van der Waals surface area contributed by atoms with E-state index in [1.807, 2.05) is 0 Å². The van der Waals surface area contributed by atoms with E-state index in [-0.39, 0.29) is 12.1 Å². The third kappa shape index (κ3) is 6.19. The second kappa shape index (κ2) is 9.29. The lowest BCUT2D eigenvalue weighted by molar-refractivity contribution is -0.178. The Bertz CT molecular complexity index is 752. The number of rotatable bonds is 8. The van der Waals surface area contributed by atoms with Crippen LogP contribution < -0.4 is 10.6 Å². The molecule has 0 aliphatic rings. The van der Waals surface area contributed by atoms with Gasteiger partial charge in [-0.3, -0.25) is 14.9 Å². The summed E-state index contributed by atoms with van der Waals surface area (Å²) in [6, 6.07) is 13.7. The predicted molar refractivity (Wildman–Crippen MR) is 92.9 cm³/mol. The van der Waals surface area contributed by atoms with Gasteiger partial charge in [0.25, 0.3) is 5.91 Å². The average Bonchev–Trinajstić information content (AvgIpc) is 2.66. The van der Waals surface area contributed by atoms with Crippen molar-refractivity contribution in [2.75, 3.05) is 6.54 Å². The molecule has 0 saturated carbocycles. The molecule has 2 aromatic carbocycles. The minimum absolute atomic E-state index is 0.110. The summed E-state index contributed by atoms with van der Waals surface area (Å²) < 4.78 is 39.7. The summed E-state index contributed by atoms with van der Waals surface area (Å²) in [5, 5.41) is 14.2. The number of benzene rings is 2. The molecule has 0 fully saturated rings. The summed E-state index contributed by atoms with van der Waals surface area (Å²) in [4.78, 5) is 23.7. The number of hydrogen-bond acceptors (Lipinski definition) is 4. The number of Topliss-reactive ketones (excluding diaryl/α,β-unsaturated/α-hetero) is 1. The molecule has 0 saturated heterocycles. The summed E-state index contributed by atoms with van der Waals surface area (Å²) in [7, 11) is 0. The molecule has 144 valence electrons. The maximum atomic E-state index is 13.2. The van der Waals surface area contributed by atoms with Gasteiger partial charge in [0.2, 0.25) is 5.78 Å². The number of hydrogen-bond donors (Lipinski definition) is 3. The molecule has 2 rings (SSSR count). The Labute approximate surface area is 154 Å². The molecule has 8 heteroatoms. The van der Waals surface area contributed by atoms with Crippen LogP contribution in [0.1, 0.15) is 15.9 Å². The molecule has 1 amide bonds. The molecule has 0 aliphatic heterocycles. The molecular weight excluding hydrogens is 361 g/mol. The van der Waals surface area contributed by atoms with Gasteiger partial charge < -0.3 is 10.4 Å². The molecule has 0 bridgehead atoms. The Balaban J connectivity index is 1.94. The molecule has 2 atom stereocenters. The Hall–Kier alpha value is -2.71. The summed E-state index contributed by atoms with van der Waals surface area (Å²) in [5.74, 6) is -1.96. The molecular formula is C19H19F3N2O3. The Morgan fingerprint density at radius 2 is 1.52 bits per heavy atom. The minimum atomic E-state index is -4.73. The van der Waals surface area contributed by atoms with Gasteiger partial charge in [0.15, 0.2) is 0 Å². The largest absolute Gasteiger partial charge is 0.406 e. The topological polar surface area (TPSA) is 78.4 Å². The number of ketones is 1. The van der Waals surface area contributed by atoms with Gasteiger partial charge in [0.05, 0.1) is 6.10 Å². The maximum Gasteiger partial charge on any atom is 0.406 e. The fourth-order valence-electron chi connectivity index (χ4n) is 2.41. The highest BCUT2D eigenvalue weighted by Crippen LogP contribution is 2.23. The van der Waals surface area contributed by atoms with E-state index in [0.29, 0.717) is 5.56 Å². The maximum absolute atomic E-state index is 13.2. The van der Waals surface area contributed by atoms with Gasteiger partial charge in [-0.2, -0.15) is 13.2 Å². The van der Waals surface area contributed by atoms with Crippen molar-refractivity contribution in [1.82, 2.24) is 10.6 Å². The van der Waals surface area contributed by atoms with E-state index < -0.39 is 36.6 Å². The van der Waals surface area contributed by atoms with Crippen LogP contribution in [0.25, 0.3) is 0 Å². The van der Waals surface area contributed by atoms with Crippen LogP contribution in [-0.2, 0) is 11.3 Å². The van der Waals surface area contributed by atoms with Crippen molar-refractivity contribution in [1.29, 1.82) is 0 Å². The van der Waals surface area contributed by atoms with Gasteiger partial charge in [0.1, 0.15) is 6.04 Å². The van der Waals surface area contributed by atoms with Crippen LogP contribution in [0.15, 0.2) is 60.7 Å². The zero-order valence-electron chi connectivity index (χ0n) is 14.2. The number of aliphatic hydroxyl groups excluding tert-OH is 1. The third-order valence-electron chi connectivity index (χ3n) is 3.82. The average molecular weight is 380 g/mol. The molecule has 0 heterocycles. The zero-order valence-corrected chi connectivity index (χ0v) is 14.2. The molecule has 2 aromatic rings. The molecule has 0 aliphatic carbocycles. The van der Waals surface area contributed by atoms with Gasteiger partial charge in [-0.1, -0.05) is 60.7 Å². The van der Waals surface area contributed by atoms with Crippen molar-refractivity contribution >= 4 is 11.7 Å². The lowest BCUT2D eigenvalue weighted by Gasteiger charge is -2.26. The lowest BCUT2D eigenvalue weighted by Crippen LogP contribution is -2.54. The van der Waals surface area contributed by atoms with E-state index in [1.165, 1.54) is 12.1 Å². The van der Waals surface area contributed by atoms with E-state index in [4.69, 9.17) is 0 Å². The second-order valence-corrected chi connectivity index (χ2v) is 5.86.